The molecule has 0 amide bonds. The molecular weight excluding hydrogens is 222 g/mol. The highest BCUT2D eigenvalue weighted by Crippen LogP contribution is 2.05. The average molecular weight is 247 g/mol. The molecule has 0 fully saturated rings. The molecule has 0 aliphatic carbocycles. The molecule has 0 spiro atoms. The molecule has 1 N–H and O–H groups in total. The van der Waals surface area contributed by atoms with Gasteiger partial charge in [0.2, 0.25) is 0 Å². The van der Waals surface area contributed by atoms with Crippen LogP contribution >= 0.6 is 0 Å². The van der Waals surface area contributed by atoms with Crippen LogP contribution in [0.1, 0.15) is 25.2 Å². The quantitative estimate of drug-likeness (QED) is 0.715. The maximum Gasteiger partial charge on any atom is 0.0547 e. The van der Waals surface area contributed by atoms with Crippen LogP contribution in [0.4, 0.5) is 0 Å². The summed E-state index contributed by atoms with van der Waals surface area (Å²) in [5, 5.41) is 3.31. The zero-order chi connectivity index (χ0) is 13.4. The third-order valence-electron chi connectivity index (χ3n) is 2.85. The van der Waals surface area contributed by atoms with Crippen LogP contribution in [0.25, 0.3) is 0 Å². The fourth-order valence-electron chi connectivity index (χ4n) is 1.87. The van der Waals surface area contributed by atoms with Crippen molar-refractivity contribution in [3.63, 3.8) is 0 Å². The number of hydrogen-bond acceptors (Lipinski definition) is 3. The number of pyridine rings is 1. The summed E-state index contributed by atoms with van der Waals surface area (Å²) in [6, 6.07) is 6.19. The van der Waals surface area contributed by atoms with Crippen molar-refractivity contribution in [2.24, 2.45) is 0 Å². The summed E-state index contributed by atoms with van der Waals surface area (Å²) in [7, 11) is 0. The molecule has 1 aromatic rings. The summed E-state index contributed by atoms with van der Waals surface area (Å²) in [6.07, 6.45) is 0. The van der Waals surface area contributed by atoms with Crippen LogP contribution in [0.15, 0.2) is 30.4 Å². The van der Waals surface area contributed by atoms with Crippen molar-refractivity contribution in [1.82, 2.24) is 15.2 Å². The van der Waals surface area contributed by atoms with Gasteiger partial charge in [-0.1, -0.05) is 26.5 Å². The Morgan fingerprint density at radius 3 is 2.78 bits per heavy atom. The van der Waals surface area contributed by atoms with Crippen molar-refractivity contribution < 1.29 is 0 Å². The number of nitrogens with zero attached hydrogens (tertiary/aromatic N) is 2. The number of nitrogens with one attached hydrogen (secondary N) is 1. The van der Waals surface area contributed by atoms with Crippen molar-refractivity contribution in [3.8, 4) is 0 Å². The Labute approximate surface area is 111 Å². The lowest BCUT2D eigenvalue weighted by Gasteiger charge is -2.21. The van der Waals surface area contributed by atoms with Crippen molar-refractivity contribution >= 4 is 0 Å². The zero-order valence-corrected chi connectivity index (χ0v) is 11.9. The van der Waals surface area contributed by atoms with E-state index in [-0.39, 0.29) is 0 Å². The largest absolute Gasteiger partial charge is 0.313 e. The molecular formula is C15H25N3. The van der Waals surface area contributed by atoms with Crippen LogP contribution in [-0.4, -0.2) is 36.1 Å². The highest BCUT2D eigenvalue weighted by Gasteiger charge is 2.06. The SMILES string of the molecule is C=C(CNCC)CN(CC)Cc1cccc(C)n1. The summed E-state index contributed by atoms with van der Waals surface area (Å²) >= 11 is 0. The van der Waals surface area contributed by atoms with Gasteiger partial charge in [0.15, 0.2) is 0 Å². The van der Waals surface area contributed by atoms with Gasteiger partial charge in [-0.25, -0.2) is 0 Å². The zero-order valence-electron chi connectivity index (χ0n) is 11.9. The van der Waals surface area contributed by atoms with E-state index in [9.17, 15) is 0 Å². The van der Waals surface area contributed by atoms with E-state index in [0.717, 1.165) is 44.1 Å². The Hall–Kier alpha value is -1.19. The molecule has 1 aromatic heterocycles. The van der Waals surface area contributed by atoms with Gasteiger partial charge in [0, 0.05) is 25.3 Å². The van der Waals surface area contributed by atoms with Crippen molar-refractivity contribution in [3.05, 3.63) is 41.7 Å². The van der Waals surface area contributed by atoms with E-state index < -0.39 is 0 Å². The van der Waals surface area contributed by atoms with Crippen LogP contribution < -0.4 is 5.32 Å². The predicted octanol–water partition coefficient (Wildman–Crippen LogP) is 2.38. The van der Waals surface area contributed by atoms with Gasteiger partial charge < -0.3 is 5.32 Å². The molecule has 0 aliphatic heterocycles. The molecule has 1 heterocycles. The maximum atomic E-state index is 4.54. The molecule has 0 saturated carbocycles. The molecule has 0 aromatic carbocycles. The summed E-state index contributed by atoms with van der Waals surface area (Å²) < 4.78 is 0. The van der Waals surface area contributed by atoms with Crippen LogP contribution in [0.3, 0.4) is 0 Å². The monoisotopic (exact) mass is 247 g/mol. The Morgan fingerprint density at radius 2 is 2.17 bits per heavy atom. The third kappa shape index (κ3) is 5.43. The van der Waals surface area contributed by atoms with Gasteiger partial charge in [-0.2, -0.15) is 0 Å². The standard InChI is InChI=1S/C15H25N3/c1-5-16-10-13(3)11-18(6-2)12-15-9-7-8-14(4)17-15/h7-9,16H,3,5-6,10-12H2,1-2,4H3. The molecule has 0 unspecified atom stereocenters. The molecule has 0 radical (unpaired) electrons. The Balaban J connectivity index is 2.49. The highest BCUT2D eigenvalue weighted by atomic mass is 15.1. The molecule has 1 rings (SSSR count). The Morgan fingerprint density at radius 1 is 1.39 bits per heavy atom. The minimum atomic E-state index is 0.892. The molecule has 0 aliphatic rings. The van der Waals surface area contributed by atoms with E-state index >= 15 is 0 Å². The summed E-state index contributed by atoms with van der Waals surface area (Å²) in [5.41, 5.74) is 3.44. The Kier molecular flexibility index (Phi) is 6.61. The van der Waals surface area contributed by atoms with Crippen LogP contribution in [0, 0.1) is 6.92 Å². The van der Waals surface area contributed by atoms with E-state index in [1.165, 1.54) is 5.57 Å². The molecule has 0 saturated heterocycles. The van der Waals surface area contributed by atoms with Gasteiger partial charge in [0.1, 0.15) is 0 Å². The minimum Gasteiger partial charge on any atom is -0.313 e. The van der Waals surface area contributed by atoms with Crippen LogP contribution in [0.5, 0.6) is 0 Å². The Bertz CT molecular complexity index is 374. The number of hydrogen-bond donors (Lipinski definition) is 1. The fraction of sp³-hybridized carbons (Fsp3) is 0.533. The molecule has 100 valence electrons. The lowest BCUT2D eigenvalue weighted by molar-refractivity contribution is 0.298. The van der Waals surface area contributed by atoms with Gasteiger partial charge in [0.25, 0.3) is 0 Å². The van der Waals surface area contributed by atoms with Gasteiger partial charge in [0.05, 0.1) is 5.69 Å². The van der Waals surface area contributed by atoms with Crippen molar-refractivity contribution in [1.29, 1.82) is 0 Å². The smallest absolute Gasteiger partial charge is 0.0547 e. The second-order valence-electron chi connectivity index (χ2n) is 4.60. The molecule has 3 heteroatoms. The summed E-state index contributed by atoms with van der Waals surface area (Å²) in [5.74, 6) is 0. The molecule has 0 atom stereocenters. The first-order chi connectivity index (χ1) is 8.65. The number of aromatic nitrogens is 1. The lowest BCUT2D eigenvalue weighted by atomic mass is 10.2. The summed E-state index contributed by atoms with van der Waals surface area (Å²) in [6.45, 7) is 15.2. The van der Waals surface area contributed by atoms with E-state index in [1.807, 2.05) is 13.0 Å². The maximum absolute atomic E-state index is 4.54. The van der Waals surface area contributed by atoms with Crippen LogP contribution in [0.2, 0.25) is 0 Å². The van der Waals surface area contributed by atoms with Gasteiger partial charge in [-0.05, 0) is 37.7 Å². The van der Waals surface area contributed by atoms with Crippen molar-refractivity contribution in [2.75, 3.05) is 26.2 Å². The average Bonchev–Trinajstić information content (AvgIpc) is 2.35. The van der Waals surface area contributed by atoms with E-state index in [0.29, 0.717) is 0 Å². The van der Waals surface area contributed by atoms with Crippen LogP contribution in [-0.2, 0) is 6.54 Å². The first-order valence-corrected chi connectivity index (χ1v) is 6.68. The topological polar surface area (TPSA) is 28.2 Å². The van der Waals surface area contributed by atoms with Gasteiger partial charge in [-0.3, -0.25) is 9.88 Å². The second kappa shape index (κ2) is 8.01. The predicted molar refractivity (Wildman–Crippen MR) is 77.6 cm³/mol. The lowest BCUT2D eigenvalue weighted by Crippen LogP contribution is -2.29. The van der Waals surface area contributed by atoms with E-state index in [2.05, 4.69) is 47.8 Å². The van der Waals surface area contributed by atoms with Crippen molar-refractivity contribution in [2.45, 2.75) is 27.3 Å². The first-order valence-electron chi connectivity index (χ1n) is 6.68. The number of aryl methyl sites for hydroxylation is 1. The molecule has 0 bridgehead atoms. The van der Waals surface area contributed by atoms with E-state index in [4.69, 9.17) is 0 Å². The molecule has 18 heavy (non-hydrogen) atoms. The first kappa shape index (κ1) is 14.9. The highest BCUT2D eigenvalue weighted by molar-refractivity contribution is 5.10. The fourth-order valence-corrected chi connectivity index (χ4v) is 1.87. The van der Waals surface area contributed by atoms with E-state index in [1.54, 1.807) is 0 Å². The summed E-state index contributed by atoms with van der Waals surface area (Å²) in [4.78, 5) is 6.91. The number of rotatable bonds is 8. The van der Waals surface area contributed by atoms with Gasteiger partial charge >= 0.3 is 0 Å². The normalized spacial score (nSPS) is 10.9. The van der Waals surface area contributed by atoms with Gasteiger partial charge in [-0.15, -0.1) is 0 Å². The minimum absolute atomic E-state index is 0.892. The molecule has 3 nitrogen and oxygen atoms in total. The second-order valence-corrected chi connectivity index (χ2v) is 4.60. The third-order valence-corrected chi connectivity index (χ3v) is 2.85. The number of likely N-dealkylation sites (N-methyl/N-ethyl adjacent to an activating group) is 2.